The molecule has 0 spiro atoms. The van der Waals surface area contributed by atoms with Crippen molar-refractivity contribution in [2.75, 3.05) is 25.6 Å². The number of aryl methyl sites for hydroxylation is 2. The molecule has 2 aromatic rings. The Morgan fingerprint density at radius 1 is 1.32 bits per heavy atom. The van der Waals surface area contributed by atoms with Gasteiger partial charge < -0.3 is 10.1 Å². The number of hydrogen-bond acceptors (Lipinski definition) is 5. The second-order valence-electron chi connectivity index (χ2n) is 5.06. The van der Waals surface area contributed by atoms with E-state index in [9.17, 15) is 0 Å². The van der Waals surface area contributed by atoms with Crippen LogP contribution in [0.25, 0.3) is 10.2 Å². The van der Waals surface area contributed by atoms with Crippen LogP contribution in [0.2, 0.25) is 0 Å². The van der Waals surface area contributed by atoms with E-state index in [4.69, 9.17) is 14.7 Å². The summed E-state index contributed by atoms with van der Waals surface area (Å²) < 4.78 is 5.55. The van der Waals surface area contributed by atoms with Gasteiger partial charge in [0.1, 0.15) is 16.5 Å². The molecule has 1 fully saturated rings. The number of thiophene rings is 1. The highest BCUT2D eigenvalue weighted by molar-refractivity contribution is 7.18. The summed E-state index contributed by atoms with van der Waals surface area (Å²) in [5.74, 6) is 2.22. The maximum Gasteiger partial charge on any atom is 0.138 e. The zero-order valence-electron chi connectivity index (χ0n) is 11.6. The Hall–Kier alpha value is -1.20. The van der Waals surface area contributed by atoms with E-state index in [1.54, 1.807) is 11.3 Å². The highest BCUT2D eigenvalue weighted by atomic mass is 32.1. The van der Waals surface area contributed by atoms with Crippen molar-refractivity contribution in [1.82, 2.24) is 9.97 Å². The Morgan fingerprint density at radius 2 is 2.16 bits per heavy atom. The summed E-state index contributed by atoms with van der Waals surface area (Å²) >= 11 is 1.75. The standard InChI is InChI=1S/C14H19N3OS/c1-8-9(2)19-14-11(8)13(15-3)16-12(17-14)10-5-4-6-18-7-10/h10H,4-7H2,1-3H3,(H,15,16,17). The highest BCUT2D eigenvalue weighted by Crippen LogP contribution is 2.35. The largest absolute Gasteiger partial charge is 0.381 e. The zero-order valence-corrected chi connectivity index (χ0v) is 12.4. The lowest BCUT2D eigenvalue weighted by Gasteiger charge is -2.21. The van der Waals surface area contributed by atoms with E-state index in [0.717, 1.165) is 42.5 Å². The summed E-state index contributed by atoms with van der Waals surface area (Å²) in [4.78, 5) is 11.9. The van der Waals surface area contributed by atoms with Crippen molar-refractivity contribution in [1.29, 1.82) is 0 Å². The lowest BCUT2D eigenvalue weighted by Crippen LogP contribution is -2.18. The van der Waals surface area contributed by atoms with E-state index in [1.807, 2.05) is 7.05 Å². The molecule has 19 heavy (non-hydrogen) atoms. The Balaban J connectivity index is 2.11. The van der Waals surface area contributed by atoms with Crippen molar-refractivity contribution in [3.05, 3.63) is 16.3 Å². The van der Waals surface area contributed by atoms with Crippen molar-refractivity contribution < 1.29 is 4.74 Å². The van der Waals surface area contributed by atoms with Crippen LogP contribution in [0.4, 0.5) is 5.82 Å². The quantitative estimate of drug-likeness (QED) is 0.915. The van der Waals surface area contributed by atoms with Crippen LogP contribution < -0.4 is 5.32 Å². The number of hydrogen-bond donors (Lipinski definition) is 1. The topological polar surface area (TPSA) is 47.0 Å². The van der Waals surface area contributed by atoms with Gasteiger partial charge in [-0.05, 0) is 32.3 Å². The van der Waals surface area contributed by atoms with Gasteiger partial charge in [-0.2, -0.15) is 0 Å². The molecule has 1 atom stereocenters. The fourth-order valence-corrected chi connectivity index (χ4v) is 3.61. The van der Waals surface area contributed by atoms with Crippen LogP contribution in [0.3, 0.4) is 0 Å². The second-order valence-corrected chi connectivity index (χ2v) is 6.26. The van der Waals surface area contributed by atoms with Gasteiger partial charge in [-0.25, -0.2) is 9.97 Å². The predicted octanol–water partition coefficient (Wildman–Crippen LogP) is 3.24. The predicted molar refractivity (Wildman–Crippen MR) is 79.2 cm³/mol. The number of nitrogens with one attached hydrogen (secondary N) is 1. The van der Waals surface area contributed by atoms with Crippen LogP contribution in [-0.2, 0) is 4.74 Å². The molecule has 2 aromatic heterocycles. The molecule has 5 heteroatoms. The summed E-state index contributed by atoms with van der Waals surface area (Å²) in [5, 5.41) is 4.39. The molecule has 0 aromatic carbocycles. The molecule has 4 nitrogen and oxygen atoms in total. The van der Waals surface area contributed by atoms with Crippen LogP contribution in [0.5, 0.6) is 0 Å². The molecule has 0 radical (unpaired) electrons. The summed E-state index contributed by atoms with van der Waals surface area (Å²) in [6.45, 7) is 5.90. The first kappa shape index (κ1) is 12.8. The minimum Gasteiger partial charge on any atom is -0.381 e. The molecule has 102 valence electrons. The minimum atomic E-state index is 0.341. The van der Waals surface area contributed by atoms with Gasteiger partial charge >= 0.3 is 0 Å². The maximum absolute atomic E-state index is 5.55. The number of anilines is 1. The molecule has 1 N–H and O–H groups in total. The van der Waals surface area contributed by atoms with Gasteiger partial charge in [-0.3, -0.25) is 0 Å². The van der Waals surface area contributed by atoms with Crippen LogP contribution >= 0.6 is 11.3 Å². The zero-order chi connectivity index (χ0) is 13.4. The van der Waals surface area contributed by atoms with Gasteiger partial charge in [0.05, 0.1) is 12.0 Å². The van der Waals surface area contributed by atoms with E-state index in [0.29, 0.717) is 5.92 Å². The first-order chi connectivity index (χ1) is 9.20. The number of aromatic nitrogens is 2. The number of fused-ring (bicyclic) bond motifs is 1. The van der Waals surface area contributed by atoms with Gasteiger partial charge in [-0.15, -0.1) is 11.3 Å². The van der Waals surface area contributed by atoms with Crippen molar-refractivity contribution >= 4 is 27.4 Å². The van der Waals surface area contributed by atoms with Gasteiger partial charge in [-0.1, -0.05) is 0 Å². The smallest absolute Gasteiger partial charge is 0.138 e. The average molecular weight is 277 g/mol. The molecule has 1 unspecified atom stereocenters. The van der Waals surface area contributed by atoms with Crippen LogP contribution in [0.1, 0.15) is 35.0 Å². The third-order valence-electron chi connectivity index (χ3n) is 3.81. The number of ether oxygens (including phenoxy) is 1. The Labute approximate surface area is 117 Å². The van der Waals surface area contributed by atoms with E-state index in [1.165, 1.54) is 15.8 Å². The van der Waals surface area contributed by atoms with E-state index in [-0.39, 0.29) is 0 Å². The Bertz CT molecular complexity index is 602. The molecule has 1 saturated heterocycles. The summed E-state index contributed by atoms with van der Waals surface area (Å²) in [6, 6.07) is 0. The molecular formula is C14H19N3OS. The molecule has 0 amide bonds. The molecule has 3 rings (SSSR count). The van der Waals surface area contributed by atoms with E-state index in [2.05, 4.69) is 19.2 Å². The van der Waals surface area contributed by atoms with Crippen LogP contribution in [-0.4, -0.2) is 30.2 Å². The molecular weight excluding hydrogens is 258 g/mol. The van der Waals surface area contributed by atoms with Gasteiger partial charge in [0.25, 0.3) is 0 Å². The van der Waals surface area contributed by atoms with Gasteiger partial charge in [0, 0.05) is 24.4 Å². The summed E-state index contributed by atoms with van der Waals surface area (Å²) in [5.41, 5.74) is 1.29. The Morgan fingerprint density at radius 3 is 2.84 bits per heavy atom. The molecule has 0 bridgehead atoms. The van der Waals surface area contributed by atoms with Gasteiger partial charge in [0.2, 0.25) is 0 Å². The second kappa shape index (κ2) is 5.06. The Kier molecular flexibility index (Phi) is 3.41. The average Bonchev–Trinajstić information content (AvgIpc) is 2.74. The van der Waals surface area contributed by atoms with E-state index < -0.39 is 0 Å². The molecule has 0 aliphatic carbocycles. The fraction of sp³-hybridized carbons (Fsp3) is 0.571. The lowest BCUT2D eigenvalue weighted by molar-refractivity contribution is 0.0782. The van der Waals surface area contributed by atoms with Crippen molar-refractivity contribution in [2.45, 2.75) is 32.6 Å². The number of nitrogens with zero attached hydrogens (tertiary/aromatic N) is 2. The van der Waals surface area contributed by atoms with Gasteiger partial charge in [0.15, 0.2) is 0 Å². The summed E-state index contributed by atoms with van der Waals surface area (Å²) in [6.07, 6.45) is 2.22. The molecule has 3 heterocycles. The van der Waals surface area contributed by atoms with Crippen molar-refractivity contribution in [3.8, 4) is 0 Å². The van der Waals surface area contributed by atoms with E-state index >= 15 is 0 Å². The minimum absolute atomic E-state index is 0.341. The maximum atomic E-state index is 5.55. The molecule has 1 aliphatic rings. The third kappa shape index (κ3) is 2.21. The normalized spacial score (nSPS) is 19.8. The third-order valence-corrected chi connectivity index (χ3v) is 4.91. The number of rotatable bonds is 2. The van der Waals surface area contributed by atoms with Crippen LogP contribution in [0.15, 0.2) is 0 Å². The first-order valence-electron chi connectivity index (χ1n) is 6.74. The lowest BCUT2D eigenvalue weighted by atomic mass is 10.0. The summed E-state index contributed by atoms with van der Waals surface area (Å²) in [7, 11) is 1.93. The molecule has 0 saturated carbocycles. The fourth-order valence-electron chi connectivity index (χ4n) is 2.57. The van der Waals surface area contributed by atoms with Crippen molar-refractivity contribution in [3.63, 3.8) is 0 Å². The molecule has 1 aliphatic heterocycles. The highest BCUT2D eigenvalue weighted by Gasteiger charge is 2.22. The monoisotopic (exact) mass is 277 g/mol. The SMILES string of the molecule is CNc1nc(C2CCCOC2)nc2sc(C)c(C)c12. The van der Waals surface area contributed by atoms with Crippen LogP contribution in [0, 0.1) is 13.8 Å². The van der Waals surface area contributed by atoms with Crippen molar-refractivity contribution in [2.24, 2.45) is 0 Å². The first-order valence-corrected chi connectivity index (χ1v) is 7.55.